The standard InChI is InChI=1S/C22H22N2O4/c1-26-19-7-4-15(5-8-19)17-10-18(13-23-12-17)22(25)24-14-16-6-9-20(27-2)11-21(16)28-3/h4-13H,14H2,1-3H3,(H,24,25). The summed E-state index contributed by atoms with van der Waals surface area (Å²) >= 11 is 0. The van der Waals surface area contributed by atoms with Crippen LogP contribution in [0.25, 0.3) is 11.1 Å². The smallest absolute Gasteiger partial charge is 0.253 e. The average Bonchev–Trinajstić information content (AvgIpc) is 2.77. The van der Waals surface area contributed by atoms with Gasteiger partial charge in [0, 0.05) is 36.1 Å². The van der Waals surface area contributed by atoms with Crippen molar-refractivity contribution in [1.82, 2.24) is 10.3 Å². The molecule has 0 aliphatic rings. The Bertz CT molecular complexity index is 955. The van der Waals surface area contributed by atoms with Gasteiger partial charge in [-0.3, -0.25) is 9.78 Å². The van der Waals surface area contributed by atoms with Crippen molar-refractivity contribution < 1.29 is 19.0 Å². The summed E-state index contributed by atoms with van der Waals surface area (Å²) < 4.78 is 15.7. The van der Waals surface area contributed by atoms with E-state index in [-0.39, 0.29) is 5.91 Å². The second-order valence-electron chi connectivity index (χ2n) is 6.05. The molecule has 3 aromatic rings. The number of carbonyl (C=O) groups is 1. The quantitative estimate of drug-likeness (QED) is 0.679. The van der Waals surface area contributed by atoms with Crippen LogP contribution in [0.1, 0.15) is 15.9 Å². The van der Waals surface area contributed by atoms with Gasteiger partial charge in [0.25, 0.3) is 5.91 Å². The molecule has 6 heteroatoms. The summed E-state index contributed by atoms with van der Waals surface area (Å²) in [6.45, 7) is 0.332. The Balaban J connectivity index is 1.73. The third-order valence-electron chi connectivity index (χ3n) is 4.36. The lowest BCUT2D eigenvalue weighted by Crippen LogP contribution is -2.23. The van der Waals surface area contributed by atoms with Gasteiger partial charge < -0.3 is 19.5 Å². The number of hydrogen-bond acceptors (Lipinski definition) is 5. The maximum atomic E-state index is 12.6. The lowest BCUT2D eigenvalue weighted by Gasteiger charge is -2.12. The Hall–Kier alpha value is -3.54. The number of pyridine rings is 1. The number of aromatic nitrogens is 1. The number of hydrogen-bond donors (Lipinski definition) is 1. The molecule has 2 aromatic carbocycles. The molecule has 1 amide bonds. The third-order valence-corrected chi connectivity index (χ3v) is 4.36. The normalized spacial score (nSPS) is 10.2. The molecule has 0 unspecified atom stereocenters. The minimum Gasteiger partial charge on any atom is -0.497 e. The molecular formula is C22H22N2O4. The largest absolute Gasteiger partial charge is 0.497 e. The molecule has 0 spiro atoms. The number of methoxy groups -OCH3 is 3. The maximum absolute atomic E-state index is 12.6. The van der Waals surface area contributed by atoms with Gasteiger partial charge in [0.2, 0.25) is 0 Å². The van der Waals surface area contributed by atoms with Gasteiger partial charge in [0.1, 0.15) is 17.2 Å². The van der Waals surface area contributed by atoms with Crippen LogP contribution in [-0.4, -0.2) is 32.2 Å². The van der Waals surface area contributed by atoms with E-state index in [1.807, 2.05) is 42.5 Å². The predicted molar refractivity (Wildman–Crippen MR) is 107 cm³/mol. The topological polar surface area (TPSA) is 69.7 Å². The first kappa shape index (κ1) is 19.2. The summed E-state index contributed by atoms with van der Waals surface area (Å²) in [4.78, 5) is 16.8. The average molecular weight is 378 g/mol. The van der Waals surface area contributed by atoms with Gasteiger partial charge in [-0.05, 0) is 35.9 Å². The highest BCUT2D eigenvalue weighted by molar-refractivity contribution is 5.95. The van der Waals surface area contributed by atoms with Gasteiger partial charge in [-0.2, -0.15) is 0 Å². The SMILES string of the molecule is COc1ccc(-c2cncc(C(=O)NCc3ccc(OC)cc3OC)c2)cc1. The summed E-state index contributed by atoms with van der Waals surface area (Å²) in [6, 6.07) is 14.9. The lowest BCUT2D eigenvalue weighted by atomic mass is 10.1. The van der Waals surface area contributed by atoms with Crippen molar-refractivity contribution >= 4 is 5.91 Å². The first-order valence-electron chi connectivity index (χ1n) is 8.73. The van der Waals surface area contributed by atoms with Gasteiger partial charge in [0.05, 0.1) is 26.9 Å². The van der Waals surface area contributed by atoms with E-state index < -0.39 is 0 Å². The van der Waals surface area contributed by atoms with Gasteiger partial charge in [-0.1, -0.05) is 12.1 Å². The van der Waals surface area contributed by atoms with E-state index in [9.17, 15) is 4.79 Å². The molecule has 0 radical (unpaired) electrons. The first-order chi connectivity index (χ1) is 13.6. The molecule has 0 fully saturated rings. The van der Waals surface area contributed by atoms with E-state index in [1.165, 1.54) is 0 Å². The van der Waals surface area contributed by atoms with Crippen LogP contribution in [-0.2, 0) is 6.54 Å². The van der Waals surface area contributed by atoms with Crippen LogP contribution in [0, 0.1) is 0 Å². The highest BCUT2D eigenvalue weighted by Gasteiger charge is 2.11. The summed E-state index contributed by atoms with van der Waals surface area (Å²) in [7, 11) is 4.81. The van der Waals surface area contributed by atoms with E-state index in [0.717, 1.165) is 22.4 Å². The van der Waals surface area contributed by atoms with E-state index in [2.05, 4.69) is 10.3 Å². The van der Waals surface area contributed by atoms with Crippen LogP contribution >= 0.6 is 0 Å². The number of carbonyl (C=O) groups excluding carboxylic acids is 1. The van der Waals surface area contributed by atoms with Crippen molar-refractivity contribution in [3.8, 4) is 28.4 Å². The van der Waals surface area contributed by atoms with Crippen molar-refractivity contribution in [3.63, 3.8) is 0 Å². The van der Waals surface area contributed by atoms with Crippen molar-refractivity contribution in [2.45, 2.75) is 6.54 Å². The van der Waals surface area contributed by atoms with Crippen molar-refractivity contribution in [2.24, 2.45) is 0 Å². The Morgan fingerprint density at radius 1 is 0.857 bits per heavy atom. The van der Waals surface area contributed by atoms with Crippen LogP contribution in [0.2, 0.25) is 0 Å². The second kappa shape index (κ2) is 8.90. The fourth-order valence-electron chi connectivity index (χ4n) is 2.78. The van der Waals surface area contributed by atoms with Crippen molar-refractivity contribution in [3.05, 3.63) is 72.1 Å². The van der Waals surface area contributed by atoms with E-state index >= 15 is 0 Å². The van der Waals surface area contributed by atoms with Crippen molar-refractivity contribution in [1.29, 1.82) is 0 Å². The van der Waals surface area contributed by atoms with Gasteiger partial charge >= 0.3 is 0 Å². The minimum atomic E-state index is -0.208. The molecule has 0 bridgehead atoms. The van der Waals surface area contributed by atoms with Crippen LogP contribution in [0.4, 0.5) is 0 Å². The molecule has 0 aliphatic heterocycles. The molecule has 28 heavy (non-hydrogen) atoms. The summed E-state index contributed by atoms with van der Waals surface area (Å²) in [5, 5.41) is 2.90. The van der Waals surface area contributed by atoms with Crippen LogP contribution < -0.4 is 19.5 Å². The Kier molecular flexibility index (Phi) is 6.11. The minimum absolute atomic E-state index is 0.208. The molecule has 3 rings (SSSR count). The van der Waals surface area contributed by atoms with Crippen LogP contribution in [0.5, 0.6) is 17.2 Å². The molecule has 0 aliphatic carbocycles. The predicted octanol–water partition coefficient (Wildman–Crippen LogP) is 3.70. The fourth-order valence-corrected chi connectivity index (χ4v) is 2.78. The zero-order chi connectivity index (χ0) is 19.9. The van der Waals surface area contributed by atoms with Crippen molar-refractivity contribution in [2.75, 3.05) is 21.3 Å². The number of nitrogens with zero attached hydrogens (tertiary/aromatic N) is 1. The molecular weight excluding hydrogens is 356 g/mol. The fraction of sp³-hybridized carbons (Fsp3) is 0.182. The summed E-state index contributed by atoms with van der Waals surface area (Å²) in [5.41, 5.74) is 3.16. The van der Waals surface area contributed by atoms with Crippen LogP contribution in [0.3, 0.4) is 0 Å². The monoisotopic (exact) mass is 378 g/mol. The summed E-state index contributed by atoms with van der Waals surface area (Å²) in [5.74, 6) is 1.92. The van der Waals surface area contributed by atoms with E-state index in [4.69, 9.17) is 14.2 Å². The summed E-state index contributed by atoms with van der Waals surface area (Å²) in [6.07, 6.45) is 3.28. The van der Waals surface area contributed by atoms with E-state index in [0.29, 0.717) is 23.6 Å². The molecule has 1 aromatic heterocycles. The highest BCUT2D eigenvalue weighted by Crippen LogP contribution is 2.25. The number of nitrogens with one attached hydrogen (secondary N) is 1. The van der Waals surface area contributed by atoms with Gasteiger partial charge in [-0.25, -0.2) is 0 Å². The van der Waals surface area contributed by atoms with E-state index in [1.54, 1.807) is 39.8 Å². The highest BCUT2D eigenvalue weighted by atomic mass is 16.5. The first-order valence-corrected chi connectivity index (χ1v) is 8.73. The zero-order valence-corrected chi connectivity index (χ0v) is 16.1. The third kappa shape index (κ3) is 4.40. The molecule has 1 N–H and O–H groups in total. The molecule has 0 atom stereocenters. The second-order valence-corrected chi connectivity index (χ2v) is 6.05. The number of amides is 1. The Morgan fingerprint density at radius 3 is 2.25 bits per heavy atom. The zero-order valence-electron chi connectivity index (χ0n) is 16.1. The Morgan fingerprint density at radius 2 is 1.57 bits per heavy atom. The maximum Gasteiger partial charge on any atom is 0.253 e. The van der Waals surface area contributed by atoms with Crippen LogP contribution in [0.15, 0.2) is 60.9 Å². The molecule has 0 saturated heterocycles. The Labute approximate surface area is 164 Å². The van der Waals surface area contributed by atoms with Gasteiger partial charge in [-0.15, -0.1) is 0 Å². The number of benzene rings is 2. The van der Waals surface area contributed by atoms with Gasteiger partial charge in [0.15, 0.2) is 0 Å². The molecule has 1 heterocycles. The number of ether oxygens (including phenoxy) is 3. The molecule has 0 saturated carbocycles. The molecule has 6 nitrogen and oxygen atoms in total. The lowest BCUT2D eigenvalue weighted by molar-refractivity contribution is 0.0950. The number of rotatable bonds is 7. The molecule has 144 valence electrons.